The minimum atomic E-state index is -5.02. The number of hydrogen-bond donors (Lipinski definition) is 2. The van der Waals surface area contributed by atoms with Crippen molar-refractivity contribution in [1.82, 2.24) is 4.90 Å². The molecule has 1 fully saturated rings. The van der Waals surface area contributed by atoms with Crippen molar-refractivity contribution in [2.45, 2.75) is 24.8 Å². The highest BCUT2D eigenvalue weighted by molar-refractivity contribution is 7.80. The molecule has 0 aromatic heterocycles. The van der Waals surface area contributed by atoms with Crippen molar-refractivity contribution < 1.29 is 36.6 Å². The highest BCUT2D eigenvalue weighted by Crippen LogP contribution is 2.39. The summed E-state index contributed by atoms with van der Waals surface area (Å²) in [6.45, 7) is 0. The summed E-state index contributed by atoms with van der Waals surface area (Å²) in [4.78, 5) is 1.58. The third-order valence-electron chi connectivity index (χ3n) is 3.29. The first kappa shape index (κ1) is 17.8. The van der Waals surface area contributed by atoms with E-state index in [0.717, 1.165) is 4.90 Å². The van der Waals surface area contributed by atoms with Gasteiger partial charge in [-0.05, 0) is 30.4 Å². The molecule has 1 aliphatic rings. The van der Waals surface area contributed by atoms with Gasteiger partial charge in [-0.15, -0.1) is 0 Å². The molecule has 1 aromatic carbocycles. The lowest BCUT2D eigenvalue weighted by atomic mass is 10.1. The number of halogens is 6. The van der Waals surface area contributed by atoms with Crippen molar-refractivity contribution in [3.8, 4) is 0 Å². The van der Waals surface area contributed by atoms with Gasteiger partial charge in [-0.25, -0.2) is 0 Å². The maximum absolute atomic E-state index is 12.8. The predicted molar refractivity (Wildman–Crippen MR) is 71.3 cm³/mol. The Morgan fingerprint density at radius 3 is 1.65 bits per heavy atom. The Bertz CT molecular complexity index is 601. The summed E-state index contributed by atoms with van der Waals surface area (Å²) < 4.78 is 77.0. The molecule has 0 aliphatic carbocycles. The Morgan fingerprint density at radius 1 is 0.913 bits per heavy atom. The summed E-state index contributed by atoms with van der Waals surface area (Å²) in [6, 6.07) is 0.822. The molecule has 1 heterocycles. The van der Waals surface area contributed by atoms with E-state index in [1.165, 1.54) is 7.05 Å². The molecule has 4 nitrogen and oxygen atoms in total. The molecule has 11 heteroatoms. The van der Waals surface area contributed by atoms with Crippen LogP contribution in [0.15, 0.2) is 18.2 Å². The quantitative estimate of drug-likeness (QED) is 0.595. The highest BCUT2D eigenvalue weighted by Gasteiger charge is 2.43. The van der Waals surface area contributed by atoms with E-state index < -0.39 is 41.6 Å². The van der Waals surface area contributed by atoms with Crippen LogP contribution >= 0.6 is 12.2 Å². The van der Waals surface area contributed by atoms with Crippen LogP contribution in [0.2, 0.25) is 0 Å². The summed E-state index contributed by atoms with van der Waals surface area (Å²) in [5.74, 6) is 0. The minimum absolute atomic E-state index is 0.0326. The molecule has 0 spiro atoms. The van der Waals surface area contributed by atoms with Crippen LogP contribution in [-0.4, -0.2) is 39.7 Å². The lowest BCUT2D eigenvalue weighted by Gasteiger charge is -2.24. The normalized spacial score (nSPS) is 22.9. The lowest BCUT2D eigenvalue weighted by Crippen LogP contribution is -2.36. The number of alkyl halides is 6. The van der Waals surface area contributed by atoms with Gasteiger partial charge in [-0.1, -0.05) is 0 Å². The summed E-state index contributed by atoms with van der Waals surface area (Å²) in [5, 5.41) is 19.1. The molecule has 0 bridgehead atoms. The molecular weight excluding hydrogens is 350 g/mol. The van der Waals surface area contributed by atoms with E-state index in [0.29, 0.717) is 17.0 Å². The van der Waals surface area contributed by atoms with E-state index >= 15 is 0 Å². The average molecular weight is 360 g/mol. The second-order valence-corrected chi connectivity index (χ2v) is 5.22. The summed E-state index contributed by atoms with van der Waals surface area (Å²) >= 11 is 4.84. The van der Waals surface area contributed by atoms with Crippen molar-refractivity contribution in [2.75, 3.05) is 11.9 Å². The molecular formula is C12H10F6N2O2S. The van der Waals surface area contributed by atoms with Crippen LogP contribution in [0.25, 0.3) is 0 Å². The summed E-state index contributed by atoms with van der Waals surface area (Å²) in [6.07, 6.45) is -13.4. The number of benzene rings is 1. The van der Waals surface area contributed by atoms with Crippen molar-refractivity contribution in [3.63, 3.8) is 0 Å². The van der Waals surface area contributed by atoms with Crippen LogP contribution < -0.4 is 4.90 Å². The van der Waals surface area contributed by atoms with Gasteiger partial charge in [-0.2, -0.15) is 26.3 Å². The SMILES string of the molecule is CN1C(=S)N(c2cc(C(F)(F)F)cc(C(F)(F)F)c2)C(O)C1O. The highest BCUT2D eigenvalue weighted by atomic mass is 32.1. The van der Waals surface area contributed by atoms with Gasteiger partial charge in [0.2, 0.25) is 0 Å². The lowest BCUT2D eigenvalue weighted by molar-refractivity contribution is -0.143. The van der Waals surface area contributed by atoms with Crippen molar-refractivity contribution in [3.05, 3.63) is 29.3 Å². The third-order valence-corrected chi connectivity index (χ3v) is 3.77. The Balaban J connectivity index is 2.61. The molecule has 128 valence electrons. The third kappa shape index (κ3) is 3.21. The van der Waals surface area contributed by atoms with E-state index in [9.17, 15) is 36.6 Å². The molecule has 2 unspecified atom stereocenters. The van der Waals surface area contributed by atoms with Gasteiger partial charge >= 0.3 is 12.4 Å². The number of aliphatic hydroxyl groups is 2. The van der Waals surface area contributed by atoms with E-state index in [2.05, 4.69) is 0 Å². The number of hydrogen-bond acceptors (Lipinski definition) is 3. The first-order valence-electron chi connectivity index (χ1n) is 6.05. The van der Waals surface area contributed by atoms with E-state index in [-0.39, 0.29) is 11.2 Å². The van der Waals surface area contributed by atoms with Crippen LogP contribution in [0.1, 0.15) is 11.1 Å². The van der Waals surface area contributed by atoms with Gasteiger partial charge in [0.1, 0.15) is 0 Å². The number of anilines is 1. The molecule has 1 aromatic rings. The van der Waals surface area contributed by atoms with Crippen molar-refractivity contribution in [2.24, 2.45) is 0 Å². The minimum Gasteiger partial charge on any atom is -0.369 e. The zero-order valence-corrected chi connectivity index (χ0v) is 12.2. The van der Waals surface area contributed by atoms with Crippen LogP contribution in [0, 0.1) is 0 Å². The zero-order chi connectivity index (χ0) is 17.7. The van der Waals surface area contributed by atoms with Gasteiger partial charge in [-0.3, -0.25) is 4.90 Å². The largest absolute Gasteiger partial charge is 0.416 e. The number of aliphatic hydroxyl groups excluding tert-OH is 2. The number of nitrogens with zero attached hydrogens (tertiary/aromatic N) is 2. The maximum atomic E-state index is 12.8. The van der Waals surface area contributed by atoms with E-state index in [1.807, 2.05) is 0 Å². The maximum Gasteiger partial charge on any atom is 0.416 e. The molecule has 1 saturated heterocycles. The Kier molecular flexibility index (Phi) is 4.24. The molecule has 0 radical (unpaired) electrons. The standard InChI is InChI=1S/C12H10F6N2O2S/c1-19-8(21)9(22)20(10(19)23)7-3-5(11(13,14)15)2-6(4-7)12(16,17)18/h2-4,8-9,21-22H,1H3. The van der Waals surface area contributed by atoms with Crippen molar-refractivity contribution >= 4 is 23.0 Å². The van der Waals surface area contributed by atoms with Crippen LogP contribution in [0.4, 0.5) is 32.0 Å². The smallest absolute Gasteiger partial charge is 0.369 e. The Hall–Kier alpha value is -1.59. The van der Waals surface area contributed by atoms with E-state index in [1.54, 1.807) is 0 Å². The second-order valence-electron chi connectivity index (χ2n) is 4.85. The van der Waals surface area contributed by atoms with Crippen LogP contribution in [-0.2, 0) is 12.4 Å². The Labute approximate surface area is 131 Å². The van der Waals surface area contributed by atoms with Crippen LogP contribution in [0.3, 0.4) is 0 Å². The molecule has 2 N–H and O–H groups in total. The monoisotopic (exact) mass is 360 g/mol. The number of likely N-dealkylation sites (N-methyl/N-ethyl adjacent to an activating group) is 1. The topological polar surface area (TPSA) is 46.9 Å². The first-order chi connectivity index (χ1) is 10.3. The predicted octanol–water partition coefficient (Wildman–Crippen LogP) is 2.40. The number of rotatable bonds is 1. The van der Waals surface area contributed by atoms with E-state index in [4.69, 9.17) is 12.2 Å². The summed E-state index contributed by atoms with van der Waals surface area (Å²) in [5.41, 5.74) is -3.70. The molecule has 2 rings (SSSR count). The summed E-state index contributed by atoms with van der Waals surface area (Å²) in [7, 11) is 1.24. The fourth-order valence-electron chi connectivity index (χ4n) is 2.07. The molecule has 23 heavy (non-hydrogen) atoms. The van der Waals surface area contributed by atoms with Crippen molar-refractivity contribution in [1.29, 1.82) is 0 Å². The molecule has 1 aliphatic heterocycles. The van der Waals surface area contributed by atoms with Crippen LogP contribution in [0.5, 0.6) is 0 Å². The van der Waals surface area contributed by atoms with Gasteiger partial charge in [0.05, 0.1) is 11.1 Å². The molecule has 0 amide bonds. The van der Waals surface area contributed by atoms with Gasteiger partial charge < -0.3 is 15.1 Å². The van der Waals surface area contributed by atoms with Gasteiger partial charge in [0, 0.05) is 12.7 Å². The van der Waals surface area contributed by atoms with Gasteiger partial charge in [0.25, 0.3) is 0 Å². The van der Waals surface area contributed by atoms with Gasteiger partial charge in [0.15, 0.2) is 17.6 Å². The zero-order valence-electron chi connectivity index (χ0n) is 11.4. The molecule has 2 atom stereocenters. The molecule has 0 saturated carbocycles. The Morgan fingerprint density at radius 2 is 1.35 bits per heavy atom. The number of thiocarbonyl (C=S) groups is 1. The first-order valence-corrected chi connectivity index (χ1v) is 6.46. The average Bonchev–Trinajstić information content (AvgIpc) is 2.60. The second kappa shape index (κ2) is 5.49. The fraction of sp³-hybridized carbons (Fsp3) is 0.417. The fourth-order valence-corrected chi connectivity index (χ4v) is 2.39.